The van der Waals surface area contributed by atoms with E-state index in [1.807, 2.05) is 19.9 Å². The van der Waals surface area contributed by atoms with Crippen LogP contribution in [-0.4, -0.2) is 16.3 Å². The largest absolute Gasteiger partial charge is 0.383 e. The summed E-state index contributed by atoms with van der Waals surface area (Å²) in [6.45, 7) is 3.85. The highest BCUT2D eigenvalue weighted by molar-refractivity contribution is 5.90. The Bertz CT molecular complexity index is 372. The molecule has 4 nitrogen and oxygen atoms in total. The average Bonchev–Trinajstić information content (AvgIpc) is 2.31. The van der Waals surface area contributed by atoms with Gasteiger partial charge in [0.1, 0.15) is 5.82 Å². The number of aromatic nitrogens is 1. The summed E-state index contributed by atoms with van der Waals surface area (Å²) in [4.78, 5) is 16.0. The molecule has 0 unspecified atom stereocenters. The Morgan fingerprint density at radius 1 is 1.44 bits per heavy atom. The van der Waals surface area contributed by atoms with E-state index in [1.54, 1.807) is 12.3 Å². The number of nitrogen functional groups attached to an aromatic ring is 1. The number of hydrogen-bond acceptors (Lipinski definition) is 4. The summed E-state index contributed by atoms with van der Waals surface area (Å²) >= 11 is 0. The average molecular weight is 221 g/mol. The Hall–Kier alpha value is -1.42. The van der Waals surface area contributed by atoms with Gasteiger partial charge in [0, 0.05) is 18.2 Å². The maximum absolute atomic E-state index is 12.0. The van der Waals surface area contributed by atoms with Gasteiger partial charge in [-0.15, -0.1) is 0 Å². The summed E-state index contributed by atoms with van der Waals surface area (Å²) in [5, 5.41) is 0. The van der Waals surface area contributed by atoms with E-state index in [2.05, 4.69) is 4.98 Å². The molecule has 0 amide bonds. The molecular weight excluding hydrogens is 202 g/mol. The van der Waals surface area contributed by atoms with Crippen LogP contribution in [0.3, 0.4) is 0 Å². The zero-order valence-corrected chi connectivity index (χ0v) is 9.86. The number of rotatable bonds is 5. The molecule has 4 heteroatoms. The monoisotopic (exact) mass is 221 g/mol. The van der Waals surface area contributed by atoms with Gasteiger partial charge in [0.2, 0.25) is 0 Å². The fourth-order valence-corrected chi connectivity index (χ4v) is 1.59. The van der Waals surface area contributed by atoms with Gasteiger partial charge in [-0.25, -0.2) is 4.98 Å². The first-order chi connectivity index (χ1) is 7.53. The molecule has 0 radical (unpaired) electrons. The molecule has 4 N–H and O–H groups in total. The van der Waals surface area contributed by atoms with Gasteiger partial charge < -0.3 is 11.5 Å². The molecule has 88 valence electrons. The van der Waals surface area contributed by atoms with Crippen molar-refractivity contribution in [3.8, 4) is 0 Å². The normalized spacial score (nSPS) is 11.4. The van der Waals surface area contributed by atoms with Crippen molar-refractivity contribution in [2.45, 2.75) is 38.6 Å². The molecule has 0 saturated heterocycles. The summed E-state index contributed by atoms with van der Waals surface area (Å²) in [5.74, 6) is 0.433. The molecule has 0 fully saturated rings. The van der Waals surface area contributed by atoms with Gasteiger partial charge in [0.25, 0.3) is 0 Å². The van der Waals surface area contributed by atoms with Crippen LogP contribution in [0.2, 0.25) is 0 Å². The Kier molecular flexibility index (Phi) is 4.01. The molecule has 16 heavy (non-hydrogen) atoms. The Labute approximate surface area is 96.0 Å². The van der Waals surface area contributed by atoms with Crippen molar-refractivity contribution in [2.24, 2.45) is 5.73 Å². The number of nitrogens with two attached hydrogens (primary N) is 2. The number of ketones is 1. The molecule has 1 aromatic heterocycles. The first-order valence-corrected chi connectivity index (χ1v) is 5.55. The zero-order chi connectivity index (χ0) is 12.2. The van der Waals surface area contributed by atoms with Gasteiger partial charge in [-0.3, -0.25) is 4.79 Å². The number of carbonyl (C=O) groups excluding carboxylic acids is 1. The highest BCUT2D eigenvalue weighted by Crippen LogP contribution is 2.17. The van der Waals surface area contributed by atoms with Crippen LogP contribution in [0.4, 0.5) is 5.82 Å². The highest BCUT2D eigenvalue weighted by atomic mass is 16.1. The van der Waals surface area contributed by atoms with Crippen LogP contribution in [0.1, 0.15) is 32.3 Å². The van der Waals surface area contributed by atoms with Gasteiger partial charge in [-0.05, 0) is 18.9 Å². The number of Topliss-reactive ketones (excluding diaryl/α,β-unsaturated/α-hetero) is 1. The van der Waals surface area contributed by atoms with Crippen molar-refractivity contribution in [1.29, 1.82) is 0 Å². The lowest BCUT2D eigenvalue weighted by atomic mass is 9.86. The second-order valence-corrected chi connectivity index (χ2v) is 4.01. The predicted octanol–water partition coefficient (Wildman–Crippen LogP) is 1.29. The zero-order valence-electron chi connectivity index (χ0n) is 9.86. The van der Waals surface area contributed by atoms with Crippen molar-refractivity contribution in [3.05, 3.63) is 23.9 Å². The fraction of sp³-hybridized carbons (Fsp3) is 0.500. The Balaban J connectivity index is 2.83. The molecule has 0 aliphatic carbocycles. The molecule has 0 saturated carbocycles. The number of pyridine rings is 1. The van der Waals surface area contributed by atoms with Gasteiger partial charge in [0.05, 0.1) is 5.54 Å². The lowest BCUT2D eigenvalue weighted by molar-refractivity contribution is -0.123. The number of carbonyl (C=O) groups is 1. The van der Waals surface area contributed by atoms with Crippen molar-refractivity contribution in [3.63, 3.8) is 0 Å². The van der Waals surface area contributed by atoms with E-state index in [4.69, 9.17) is 11.5 Å². The van der Waals surface area contributed by atoms with Crippen LogP contribution in [0, 0.1) is 0 Å². The first kappa shape index (κ1) is 12.6. The van der Waals surface area contributed by atoms with Crippen LogP contribution >= 0.6 is 0 Å². The third kappa shape index (κ3) is 2.58. The fourth-order valence-electron chi connectivity index (χ4n) is 1.59. The number of anilines is 1. The smallest absolute Gasteiger partial charge is 0.157 e. The van der Waals surface area contributed by atoms with Gasteiger partial charge in [-0.2, -0.15) is 0 Å². The second kappa shape index (κ2) is 5.07. The van der Waals surface area contributed by atoms with Gasteiger partial charge in [-0.1, -0.05) is 19.9 Å². The summed E-state index contributed by atoms with van der Waals surface area (Å²) in [5.41, 5.74) is 11.7. The van der Waals surface area contributed by atoms with E-state index >= 15 is 0 Å². The molecule has 0 aromatic carbocycles. The minimum Gasteiger partial charge on any atom is -0.383 e. The molecule has 1 aromatic rings. The summed E-state index contributed by atoms with van der Waals surface area (Å²) < 4.78 is 0. The standard InChI is InChI=1S/C12H19N3O/c1-3-12(14,4-2)10(16)8-9-6-5-7-15-11(9)13/h5-7H,3-4,8,14H2,1-2H3,(H2,13,15). The topological polar surface area (TPSA) is 82.0 Å². The van der Waals surface area contributed by atoms with Crippen molar-refractivity contribution in [1.82, 2.24) is 4.98 Å². The molecule has 0 aliphatic heterocycles. The molecule has 0 atom stereocenters. The second-order valence-electron chi connectivity index (χ2n) is 4.01. The molecule has 0 spiro atoms. The summed E-state index contributed by atoms with van der Waals surface area (Å²) in [6, 6.07) is 3.58. The van der Waals surface area contributed by atoms with E-state index in [9.17, 15) is 4.79 Å². The van der Waals surface area contributed by atoms with Crippen LogP contribution < -0.4 is 11.5 Å². The van der Waals surface area contributed by atoms with E-state index < -0.39 is 5.54 Å². The van der Waals surface area contributed by atoms with E-state index in [0.717, 1.165) is 5.56 Å². The molecule has 0 aliphatic rings. The van der Waals surface area contributed by atoms with E-state index in [-0.39, 0.29) is 12.2 Å². The Morgan fingerprint density at radius 3 is 2.56 bits per heavy atom. The summed E-state index contributed by atoms with van der Waals surface area (Å²) in [7, 11) is 0. The third-order valence-corrected chi connectivity index (χ3v) is 3.09. The lowest BCUT2D eigenvalue weighted by Crippen LogP contribution is -2.47. The van der Waals surface area contributed by atoms with Crippen molar-refractivity contribution >= 4 is 11.6 Å². The predicted molar refractivity (Wildman–Crippen MR) is 64.9 cm³/mol. The summed E-state index contributed by atoms with van der Waals surface area (Å²) in [6.07, 6.45) is 3.15. The quantitative estimate of drug-likeness (QED) is 0.785. The maximum atomic E-state index is 12.0. The highest BCUT2D eigenvalue weighted by Gasteiger charge is 2.29. The number of hydrogen-bond donors (Lipinski definition) is 2. The van der Waals surface area contributed by atoms with Crippen LogP contribution in [-0.2, 0) is 11.2 Å². The van der Waals surface area contributed by atoms with Crippen LogP contribution in [0.25, 0.3) is 0 Å². The van der Waals surface area contributed by atoms with Crippen molar-refractivity contribution in [2.75, 3.05) is 5.73 Å². The lowest BCUT2D eigenvalue weighted by Gasteiger charge is -2.24. The molecule has 1 heterocycles. The molecule has 0 bridgehead atoms. The third-order valence-electron chi connectivity index (χ3n) is 3.09. The van der Waals surface area contributed by atoms with Gasteiger partial charge >= 0.3 is 0 Å². The SMILES string of the molecule is CCC(N)(CC)C(=O)Cc1cccnc1N. The number of nitrogens with zero attached hydrogens (tertiary/aromatic N) is 1. The van der Waals surface area contributed by atoms with Gasteiger partial charge in [0.15, 0.2) is 5.78 Å². The van der Waals surface area contributed by atoms with E-state index in [0.29, 0.717) is 18.7 Å². The van der Waals surface area contributed by atoms with Crippen LogP contribution in [0.15, 0.2) is 18.3 Å². The van der Waals surface area contributed by atoms with Crippen LogP contribution in [0.5, 0.6) is 0 Å². The van der Waals surface area contributed by atoms with E-state index in [1.165, 1.54) is 0 Å². The molecule has 1 rings (SSSR count). The minimum absolute atomic E-state index is 0.0252. The van der Waals surface area contributed by atoms with Crippen molar-refractivity contribution < 1.29 is 4.79 Å². The Morgan fingerprint density at radius 2 is 2.06 bits per heavy atom. The molecular formula is C12H19N3O. The first-order valence-electron chi connectivity index (χ1n) is 5.55. The minimum atomic E-state index is -0.734. The maximum Gasteiger partial charge on any atom is 0.157 e.